The van der Waals surface area contributed by atoms with E-state index in [0.717, 1.165) is 5.56 Å². The van der Waals surface area contributed by atoms with Crippen molar-refractivity contribution in [1.82, 2.24) is 14.8 Å². The van der Waals surface area contributed by atoms with Crippen LogP contribution in [0.5, 0.6) is 5.88 Å². The van der Waals surface area contributed by atoms with Gasteiger partial charge in [-0.1, -0.05) is 0 Å². The second-order valence-corrected chi connectivity index (χ2v) is 3.68. The average Bonchev–Trinajstić information content (AvgIpc) is 2.74. The quantitative estimate of drug-likeness (QED) is 0.743. The molecule has 5 heteroatoms. The number of pyridine rings is 1. The monoisotopic (exact) mass is 231 g/mol. The maximum Gasteiger partial charge on any atom is 0.224 e. The van der Waals surface area contributed by atoms with Crippen LogP contribution in [0, 0.1) is 0 Å². The molecule has 0 atom stereocenters. The fourth-order valence-electron chi connectivity index (χ4n) is 1.61. The number of hydrogen-bond donors (Lipinski definition) is 0. The second kappa shape index (κ2) is 4.78. The van der Waals surface area contributed by atoms with Crippen LogP contribution >= 0.6 is 0 Å². The van der Waals surface area contributed by atoms with Crippen LogP contribution in [0.2, 0.25) is 0 Å². The van der Waals surface area contributed by atoms with Crippen molar-refractivity contribution in [3.05, 3.63) is 41.9 Å². The Bertz CT molecular complexity index is 534. The van der Waals surface area contributed by atoms with Crippen LogP contribution in [0.25, 0.3) is 0 Å². The number of aryl methyl sites for hydroxylation is 1. The molecule has 0 aliphatic carbocycles. The highest BCUT2D eigenvalue weighted by molar-refractivity contribution is 5.99. The van der Waals surface area contributed by atoms with E-state index in [1.54, 1.807) is 29.2 Å². The highest BCUT2D eigenvalue weighted by Crippen LogP contribution is 2.16. The van der Waals surface area contributed by atoms with Gasteiger partial charge in [-0.05, 0) is 17.7 Å². The predicted octanol–water partition coefficient (Wildman–Crippen LogP) is 1.25. The molecule has 0 amide bonds. The number of aromatic nitrogens is 3. The minimum absolute atomic E-state index is 0.0250. The Labute approximate surface area is 99.1 Å². The van der Waals surface area contributed by atoms with Crippen molar-refractivity contribution in [1.29, 1.82) is 0 Å². The first-order valence-electron chi connectivity index (χ1n) is 5.20. The number of nitrogens with zero attached hydrogens (tertiary/aromatic N) is 3. The van der Waals surface area contributed by atoms with Gasteiger partial charge in [0.25, 0.3) is 0 Å². The normalized spacial score (nSPS) is 10.2. The summed E-state index contributed by atoms with van der Waals surface area (Å²) in [4.78, 5) is 16.0. The van der Waals surface area contributed by atoms with E-state index in [0.29, 0.717) is 17.9 Å². The Kier molecular flexibility index (Phi) is 3.18. The molecule has 2 aromatic heterocycles. The molecular formula is C12H13N3O2. The lowest BCUT2D eigenvalue weighted by Gasteiger charge is -2.04. The first-order valence-corrected chi connectivity index (χ1v) is 5.20. The van der Waals surface area contributed by atoms with Gasteiger partial charge < -0.3 is 4.74 Å². The SMILES string of the molecule is COc1ncccc1C(=O)Cc1cnn(C)c1. The summed E-state index contributed by atoms with van der Waals surface area (Å²) in [6, 6.07) is 3.43. The third-order valence-corrected chi connectivity index (χ3v) is 2.39. The molecule has 0 aliphatic rings. The molecule has 0 bridgehead atoms. The number of Topliss-reactive ketones (excluding diaryl/α,β-unsaturated/α-hetero) is 1. The highest BCUT2D eigenvalue weighted by Gasteiger charge is 2.13. The zero-order valence-electron chi connectivity index (χ0n) is 9.75. The van der Waals surface area contributed by atoms with Crippen LogP contribution < -0.4 is 4.74 Å². The number of carbonyl (C=O) groups excluding carboxylic acids is 1. The summed E-state index contributed by atoms with van der Waals surface area (Å²) < 4.78 is 6.73. The van der Waals surface area contributed by atoms with E-state index in [4.69, 9.17) is 4.74 Å². The molecule has 0 spiro atoms. The van der Waals surface area contributed by atoms with Gasteiger partial charge in [-0.25, -0.2) is 4.98 Å². The van der Waals surface area contributed by atoms with Gasteiger partial charge in [0, 0.05) is 25.9 Å². The summed E-state index contributed by atoms with van der Waals surface area (Å²) in [7, 11) is 3.32. The van der Waals surface area contributed by atoms with E-state index in [2.05, 4.69) is 10.1 Å². The van der Waals surface area contributed by atoms with Gasteiger partial charge in [-0.2, -0.15) is 5.10 Å². The van der Waals surface area contributed by atoms with Gasteiger partial charge >= 0.3 is 0 Å². The summed E-state index contributed by atoms with van der Waals surface area (Å²) in [5.74, 6) is 0.337. The minimum Gasteiger partial charge on any atom is -0.480 e. The Morgan fingerprint density at radius 3 is 3.00 bits per heavy atom. The minimum atomic E-state index is -0.0250. The molecule has 0 saturated heterocycles. The molecule has 2 heterocycles. The van der Waals surface area contributed by atoms with Crippen molar-refractivity contribution in [3.8, 4) is 5.88 Å². The molecule has 88 valence electrons. The standard InChI is InChI=1S/C12H13N3O2/c1-15-8-9(7-14-15)6-11(16)10-4-3-5-13-12(10)17-2/h3-5,7-8H,6H2,1-2H3. The lowest BCUT2D eigenvalue weighted by atomic mass is 10.1. The Morgan fingerprint density at radius 2 is 2.35 bits per heavy atom. The number of rotatable bonds is 4. The number of ketones is 1. The molecule has 5 nitrogen and oxygen atoms in total. The third-order valence-electron chi connectivity index (χ3n) is 2.39. The molecule has 2 aromatic rings. The van der Waals surface area contributed by atoms with Crippen LogP contribution in [-0.4, -0.2) is 27.7 Å². The fraction of sp³-hybridized carbons (Fsp3) is 0.250. The maximum absolute atomic E-state index is 12.0. The van der Waals surface area contributed by atoms with E-state index < -0.39 is 0 Å². The van der Waals surface area contributed by atoms with Gasteiger partial charge in [0.05, 0.1) is 18.9 Å². The van der Waals surface area contributed by atoms with E-state index in [1.807, 2.05) is 13.2 Å². The topological polar surface area (TPSA) is 57.0 Å². The fourth-order valence-corrected chi connectivity index (χ4v) is 1.61. The van der Waals surface area contributed by atoms with Crippen LogP contribution in [0.1, 0.15) is 15.9 Å². The summed E-state index contributed by atoms with van der Waals surface area (Å²) in [5.41, 5.74) is 1.38. The first-order chi connectivity index (χ1) is 8.20. The Hall–Kier alpha value is -2.17. The molecule has 0 saturated carbocycles. The van der Waals surface area contributed by atoms with Crippen molar-refractivity contribution < 1.29 is 9.53 Å². The Balaban J connectivity index is 2.20. The molecule has 0 unspecified atom stereocenters. The highest BCUT2D eigenvalue weighted by atomic mass is 16.5. The molecular weight excluding hydrogens is 218 g/mol. The van der Waals surface area contributed by atoms with E-state index in [-0.39, 0.29) is 5.78 Å². The summed E-state index contributed by atoms with van der Waals surface area (Å²) in [5, 5.41) is 4.02. The number of ether oxygens (including phenoxy) is 1. The van der Waals surface area contributed by atoms with Gasteiger partial charge in [-0.15, -0.1) is 0 Å². The smallest absolute Gasteiger partial charge is 0.224 e. The predicted molar refractivity (Wildman–Crippen MR) is 62.0 cm³/mol. The van der Waals surface area contributed by atoms with Gasteiger partial charge in [0.2, 0.25) is 5.88 Å². The van der Waals surface area contributed by atoms with Gasteiger partial charge in [-0.3, -0.25) is 9.48 Å². The maximum atomic E-state index is 12.0. The average molecular weight is 231 g/mol. The summed E-state index contributed by atoms with van der Waals surface area (Å²) in [6.45, 7) is 0. The lowest BCUT2D eigenvalue weighted by molar-refractivity contribution is 0.0989. The van der Waals surface area contributed by atoms with E-state index >= 15 is 0 Å². The molecule has 17 heavy (non-hydrogen) atoms. The van der Waals surface area contributed by atoms with Crippen molar-refractivity contribution in [2.24, 2.45) is 7.05 Å². The summed E-state index contributed by atoms with van der Waals surface area (Å²) in [6.07, 6.45) is 5.40. The van der Waals surface area contributed by atoms with E-state index in [9.17, 15) is 4.79 Å². The van der Waals surface area contributed by atoms with Crippen molar-refractivity contribution >= 4 is 5.78 Å². The molecule has 0 radical (unpaired) electrons. The van der Waals surface area contributed by atoms with Crippen LogP contribution in [-0.2, 0) is 13.5 Å². The Morgan fingerprint density at radius 1 is 1.53 bits per heavy atom. The van der Waals surface area contributed by atoms with E-state index in [1.165, 1.54) is 7.11 Å². The van der Waals surface area contributed by atoms with Crippen molar-refractivity contribution in [2.75, 3.05) is 7.11 Å². The third kappa shape index (κ3) is 2.50. The molecule has 2 rings (SSSR count). The largest absolute Gasteiger partial charge is 0.480 e. The zero-order valence-corrected chi connectivity index (χ0v) is 9.75. The molecule has 0 fully saturated rings. The van der Waals surface area contributed by atoms with Crippen LogP contribution in [0.4, 0.5) is 0 Å². The summed E-state index contributed by atoms with van der Waals surface area (Å²) >= 11 is 0. The molecule has 0 aromatic carbocycles. The molecule has 0 aliphatic heterocycles. The van der Waals surface area contributed by atoms with Crippen molar-refractivity contribution in [3.63, 3.8) is 0 Å². The lowest BCUT2D eigenvalue weighted by Crippen LogP contribution is -2.06. The zero-order chi connectivity index (χ0) is 12.3. The van der Waals surface area contributed by atoms with Crippen LogP contribution in [0.3, 0.4) is 0 Å². The van der Waals surface area contributed by atoms with Crippen molar-refractivity contribution in [2.45, 2.75) is 6.42 Å². The van der Waals surface area contributed by atoms with Gasteiger partial charge in [0.15, 0.2) is 5.78 Å². The molecule has 0 N–H and O–H groups in total. The number of carbonyl (C=O) groups is 1. The number of methoxy groups -OCH3 is 1. The number of hydrogen-bond acceptors (Lipinski definition) is 4. The first kappa shape index (κ1) is 11.3. The second-order valence-electron chi connectivity index (χ2n) is 3.68. The van der Waals surface area contributed by atoms with Crippen LogP contribution in [0.15, 0.2) is 30.7 Å². The van der Waals surface area contributed by atoms with Gasteiger partial charge in [0.1, 0.15) is 0 Å².